The second kappa shape index (κ2) is 8.01. The molecule has 23 heavy (non-hydrogen) atoms. The van der Waals surface area contributed by atoms with Gasteiger partial charge in [0, 0.05) is 25.3 Å². The smallest absolute Gasteiger partial charge is 0.313 e. The van der Waals surface area contributed by atoms with Crippen molar-refractivity contribution >= 4 is 35.2 Å². The fourth-order valence-electron chi connectivity index (χ4n) is 2.17. The fraction of sp³-hybridized carbons (Fsp3) is 0.438. The van der Waals surface area contributed by atoms with Crippen LogP contribution in [-0.4, -0.2) is 48.0 Å². The molecule has 0 aromatic heterocycles. The molecule has 0 aliphatic heterocycles. The highest BCUT2D eigenvalue weighted by atomic mass is 32.2. The van der Waals surface area contributed by atoms with E-state index >= 15 is 0 Å². The summed E-state index contributed by atoms with van der Waals surface area (Å²) in [5, 5.41) is 11.3. The maximum Gasteiger partial charge on any atom is 0.313 e. The Labute approximate surface area is 139 Å². The van der Waals surface area contributed by atoms with Crippen LogP contribution in [0.1, 0.15) is 23.2 Å². The van der Waals surface area contributed by atoms with E-state index in [1.54, 1.807) is 36.2 Å². The number of carboxylic acid groups (broad SMARTS) is 1. The molecule has 0 spiro atoms. The van der Waals surface area contributed by atoms with E-state index in [4.69, 9.17) is 5.11 Å². The van der Waals surface area contributed by atoms with Gasteiger partial charge in [-0.1, -0.05) is 12.1 Å². The summed E-state index contributed by atoms with van der Waals surface area (Å²) in [5.41, 5.74) is 1.05. The molecule has 1 aliphatic carbocycles. The minimum atomic E-state index is -0.869. The van der Waals surface area contributed by atoms with Crippen molar-refractivity contribution in [1.29, 1.82) is 0 Å². The molecule has 0 radical (unpaired) electrons. The van der Waals surface area contributed by atoms with Crippen LogP contribution in [0.15, 0.2) is 24.3 Å². The summed E-state index contributed by atoms with van der Waals surface area (Å²) in [5.74, 6) is -0.452. The Morgan fingerprint density at radius 3 is 2.65 bits per heavy atom. The van der Waals surface area contributed by atoms with E-state index in [9.17, 15) is 14.4 Å². The van der Waals surface area contributed by atoms with E-state index in [2.05, 4.69) is 5.32 Å². The first kappa shape index (κ1) is 17.3. The normalized spacial score (nSPS) is 13.4. The Hall–Kier alpha value is -2.02. The molecule has 6 nitrogen and oxygen atoms in total. The predicted molar refractivity (Wildman–Crippen MR) is 89.9 cm³/mol. The fourth-order valence-corrected chi connectivity index (χ4v) is 2.74. The number of anilines is 1. The van der Waals surface area contributed by atoms with Crippen LogP contribution >= 0.6 is 11.8 Å². The van der Waals surface area contributed by atoms with E-state index in [1.807, 2.05) is 0 Å². The number of benzene rings is 1. The lowest BCUT2D eigenvalue weighted by Gasteiger charge is -2.20. The molecule has 0 unspecified atom stereocenters. The molecule has 0 saturated heterocycles. The molecule has 2 rings (SSSR count). The molecule has 0 bridgehead atoms. The first-order chi connectivity index (χ1) is 11.0. The predicted octanol–water partition coefficient (Wildman–Crippen LogP) is 1.61. The average Bonchev–Trinajstić information content (AvgIpc) is 3.37. The number of nitrogens with one attached hydrogen (secondary N) is 1. The lowest BCUT2D eigenvalue weighted by atomic mass is 10.1. The Bertz CT molecular complexity index is 601. The molecule has 2 amide bonds. The zero-order valence-corrected chi connectivity index (χ0v) is 13.8. The van der Waals surface area contributed by atoms with Gasteiger partial charge < -0.3 is 15.3 Å². The zero-order valence-electron chi connectivity index (χ0n) is 12.9. The van der Waals surface area contributed by atoms with Gasteiger partial charge in [-0.15, -0.1) is 11.8 Å². The van der Waals surface area contributed by atoms with Crippen LogP contribution in [0.5, 0.6) is 0 Å². The van der Waals surface area contributed by atoms with Gasteiger partial charge in [-0.3, -0.25) is 14.4 Å². The van der Waals surface area contributed by atoms with E-state index < -0.39 is 5.97 Å². The van der Waals surface area contributed by atoms with E-state index in [-0.39, 0.29) is 23.5 Å². The van der Waals surface area contributed by atoms with Crippen molar-refractivity contribution in [2.24, 2.45) is 5.92 Å². The molecular weight excluding hydrogens is 316 g/mol. The third-order valence-corrected chi connectivity index (χ3v) is 4.47. The van der Waals surface area contributed by atoms with E-state index in [1.165, 1.54) is 11.8 Å². The summed E-state index contributed by atoms with van der Waals surface area (Å²) < 4.78 is 0. The summed E-state index contributed by atoms with van der Waals surface area (Å²) in [4.78, 5) is 36.4. The quantitative estimate of drug-likeness (QED) is 0.704. The van der Waals surface area contributed by atoms with Gasteiger partial charge in [0.25, 0.3) is 5.91 Å². The van der Waals surface area contributed by atoms with Gasteiger partial charge in [-0.25, -0.2) is 0 Å². The SMILES string of the molecule is CN(C(=O)C1CC1)c1ccccc1C(=O)NCCSCC(=O)O. The van der Waals surface area contributed by atoms with Crippen molar-refractivity contribution in [1.82, 2.24) is 5.32 Å². The largest absolute Gasteiger partial charge is 0.481 e. The van der Waals surface area contributed by atoms with Crippen LogP contribution in [0.4, 0.5) is 5.69 Å². The number of aliphatic carboxylic acids is 1. The van der Waals surface area contributed by atoms with Crippen molar-refractivity contribution < 1.29 is 19.5 Å². The molecule has 0 atom stereocenters. The molecule has 0 heterocycles. The maximum absolute atomic E-state index is 12.3. The third kappa shape index (κ3) is 4.99. The van der Waals surface area contributed by atoms with Crippen molar-refractivity contribution in [3.63, 3.8) is 0 Å². The van der Waals surface area contributed by atoms with Crippen molar-refractivity contribution in [2.45, 2.75) is 12.8 Å². The minimum Gasteiger partial charge on any atom is -0.481 e. The number of para-hydroxylation sites is 1. The summed E-state index contributed by atoms with van der Waals surface area (Å²) in [6.07, 6.45) is 1.83. The van der Waals surface area contributed by atoms with Crippen molar-refractivity contribution in [2.75, 3.05) is 30.0 Å². The molecule has 1 fully saturated rings. The van der Waals surface area contributed by atoms with Crippen LogP contribution < -0.4 is 10.2 Å². The summed E-state index contributed by atoms with van der Waals surface area (Å²) >= 11 is 1.25. The van der Waals surface area contributed by atoms with Crippen molar-refractivity contribution in [3.8, 4) is 0 Å². The van der Waals surface area contributed by atoms with Gasteiger partial charge in [-0.2, -0.15) is 0 Å². The highest BCUT2D eigenvalue weighted by Crippen LogP contribution is 2.33. The molecule has 1 aliphatic rings. The Morgan fingerprint density at radius 2 is 2.00 bits per heavy atom. The van der Waals surface area contributed by atoms with Crippen LogP contribution in [0.2, 0.25) is 0 Å². The number of nitrogens with zero attached hydrogens (tertiary/aromatic N) is 1. The zero-order chi connectivity index (χ0) is 16.8. The summed E-state index contributed by atoms with van der Waals surface area (Å²) in [7, 11) is 1.69. The van der Waals surface area contributed by atoms with Gasteiger partial charge >= 0.3 is 5.97 Å². The lowest BCUT2D eigenvalue weighted by Crippen LogP contribution is -2.32. The van der Waals surface area contributed by atoms with Crippen molar-refractivity contribution in [3.05, 3.63) is 29.8 Å². The maximum atomic E-state index is 12.3. The van der Waals surface area contributed by atoms with Crippen LogP contribution in [0, 0.1) is 5.92 Å². The van der Waals surface area contributed by atoms with E-state index in [0.717, 1.165) is 12.8 Å². The number of rotatable bonds is 8. The molecule has 2 N–H and O–H groups in total. The number of hydrogen-bond donors (Lipinski definition) is 2. The molecule has 1 saturated carbocycles. The molecule has 124 valence electrons. The third-order valence-electron chi connectivity index (χ3n) is 3.52. The highest BCUT2D eigenvalue weighted by molar-refractivity contribution is 7.99. The Balaban J connectivity index is 1.94. The molecule has 1 aromatic rings. The average molecular weight is 336 g/mol. The topological polar surface area (TPSA) is 86.7 Å². The van der Waals surface area contributed by atoms with Gasteiger partial charge in [0.1, 0.15) is 0 Å². The van der Waals surface area contributed by atoms with Crippen LogP contribution in [-0.2, 0) is 9.59 Å². The number of carbonyl (C=O) groups is 3. The van der Waals surface area contributed by atoms with Gasteiger partial charge in [0.15, 0.2) is 0 Å². The first-order valence-electron chi connectivity index (χ1n) is 7.45. The molecular formula is C16H20N2O4S. The van der Waals surface area contributed by atoms with E-state index in [0.29, 0.717) is 23.5 Å². The van der Waals surface area contributed by atoms with Gasteiger partial charge in [0.2, 0.25) is 5.91 Å². The summed E-state index contributed by atoms with van der Waals surface area (Å²) in [6.45, 7) is 0.380. The van der Waals surface area contributed by atoms with Crippen LogP contribution in [0.3, 0.4) is 0 Å². The molecule has 7 heteroatoms. The number of amides is 2. The van der Waals surface area contributed by atoms with Gasteiger partial charge in [-0.05, 0) is 25.0 Å². The van der Waals surface area contributed by atoms with Gasteiger partial charge in [0.05, 0.1) is 17.0 Å². The second-order valence-electron chi connectivity index (χ2n) is 5.39. The standard InChI is InChI=1S/C16H20N2O4S/c1-18(16(22)11-6-7-11)13-5-3-2-4-12(13)15(21)17-8-9-23-10-14(19)20/h2-5,11H,6-10H2,1H3,(H,17,21)(H,19,20). The summed E-state index contributed by atoms with van der Waals surface area (Å²) in [6, 6.07) is 7.00. The number of carbonyl (C=O) groups excluding carboxylic acids is 2. The highest BCUT2D eigenvalue weighted by Gasteiger charge is 2.33. The Morgan fingerprint density at radius 1 is 1.30 bits per heavy atom. The molecule has 1 aromatic carbocycles. The first-order valence-corrected chi connectivity index (χ1v) is 8.60. The second-order valence-corrected chi connectivity index (χ2v) is 6.50. The Kier molecular flexibility index (Phi) is 6.04. The number of thioether (sulfide) groups is 1. The number of hydrogen-bond acceptors (Lipinski definition) is 4. The minimum absolute atomic E-state index is 0.0189. The monoisotopic (exact) mass is 336 g/mol. The lowest BCUT2D eigenvalue weighted by molar-refractivity contribution is -0.133. The van der Waals surface area contributed by atoms with Crippen LogP contribution in [0.25, 0.3) is 0 Å². The number of carboxylic acids is 1.